The van der Waals surface area contributed by atoms with E-state index in [4.69, 9.17) is 5.11 Å². The molecule has 0 saturated carbocycles. The zero-order valence-corrected chi connectivity index (χ0v) is 11.1. The van der Waals surface area contributed by atoms with Crippen LogP contribution in [0.25, 0.3) is 22.2 Å². The number of aryl methyl sites for hydroxylation is 2. The van der Waals surface area contributed by atoms with Crippen LogP contribution in [-0.2, 0) is 13.5 Å². The molecule has 1 aromatic carbocycles. The Kier molecular flexibility index (Phi) is 2.87. The van der Waals surface area contributed by atoms with Crippen LogP contribution in [0.3, 0.4) is 0 Å². The molecular weight excluding hydrogens is 238 g/mol. The molecule has 4 heteroatoms. The molecule has 0 fully saturated rings. The average molecular weight is 255 g/mol. The molecule has 0 bridgehead atoms. The van der Waals surface area contributed by atoms with Gasteiger partial charge in [-0.2, -0.15) is 0 Å². The van der Waals surface area contributed by atoms with Crippen LogP contribution < -0.4 is 0 Å². The van der Waals surface area contributed by atoms with Crippen molar-refractivity contribution in [3.8, 4) is 11.3 Å². The number of aromatic amines is 1. The molecule has 3 aromatic rings. The number of para-hydroxylation sites is 1. The number of imidazole rings is 1. The lowest BCUT2D eigenvalue weighted by atomic mass is 10.1. The predicted molar refractivity (Wildman–Crippen MR) is 76.0 cm³/mol. The normalized spacial score (nSPS) is 11.3. The third-order valence-electron chi connectivity index (χ3n) is 3.46. The molecule has 98 valence electrons. The van der Waals surface area contributed by atoms with Gasteiger partial charge in [-0.15, -0.1) is 0 Å². The number of benzene rings is 1. The van der Waals surface area contributed by atoms with Gasteiger partial charge in [-0.05, 0) is 13.0 Å². The Balaban J connectivity index is 2.18. The summed E-state index contributed by atoms with van der Waals surface area (Å²) in [5, 5.41) is 10.2. The molecule has 0 spiro atoms. The standard InChI is InChI=1S/C15H17N3O/c1-10-15(11-5-3-4-6-12(11)16-10)13-9-18(2)14(17-13)7-8-19/h3-6,9,16,19H,7-8H2,1-2H3. The lowest BCUT2D eigenvalue weighted by Crippen LogP contribution is -1.99. The molecule has 0 aliphatic carbocycles. The number of rotatable bonds is 3. The zero-order valence-electron chi connectivity index (χ0n) is 11.1. The molecule has 0 unspecified atom stereocenters. The number of H-pyrrole nitrogens is 1. The molecule has 4 nitrogen and oxygen atoms in total. The molecule has 0 saturated heterocycles. The fourth-order valence-corrected chi connectivity index (χ4v) is 2.56. The highest BCUT2D eigenvalue weighted by Crippen LogP contribution is 2.31. The molecule has 0 aliphatic heterocycles. The quantitative estimate of drug-likeness (QED) is 0.755. The molecule has 0 radical (unpaired) electrons. The molecule has 0 amide bonds. The van der Waals surface area contributed by atoms with Gasteiger partial charge in [-0.1, -0.05) is 18.2 Å². The largest absolute Gasteiger partial charge is 0.396 e. The van der Waals surface area contributed by atoms with Crippen molar-refractivity contribution in [3.05, 3.63) is 42.0 Å². The molecule has 2 aromatic heterocycles. The van der Waals surface area contributed by atoms with Gasteiger partial charge in [0, 0.05) is 41.8 Å². The van der Waals surface area contributed by atoms with Crippen LogP contribution in [0.1, 0.15) is 11.5 Å². The van der Waals surface area contributed by atoms with Gasteiger partial charge in [0.05, 0.1) is 12.3 Å². The van der Waals surface area contributed by atoms with Crippen molar-refractivity contribution in [3.63, 3.8) is 0 Å². The number of nitrogens with one attached hydrogen (secondary N) is 1. The Bertz CT molecular complexity index is 724. The SMILES string of the molecule is Cc1[nH]c2ccccc2c1-c1cn(C)c(CCO)n1. The number of hydrogen-bond donors (Lipinski definition) is 2. The first-order chi connectivity index (χ1) is 9.20. The first kappa shape index (κ1) is 12.0. The van der Waals surface area contributed by atoms with Crippen LogP contribution in [0.4, 0.5) is 0 Å². The van der Waals surface area contributed by atoms with Crippen LogP contribution in [0.5, 0.6) is 0 Å². The minimum Gasteiger partial charge on any atom is -0.396 e. The minimum absolute atomic E-state index is 0.122. The molecular formula is C15H17N3O. The molecule has 2 heterocycles. The van der Waals surface area contributed by atoms with Gasteiger partial charge in [-0.25, -0.2) is 4.98 Å². The number of fused-ring (bicyclic) bond motifs is 1. The van der Waals surface area contributed by atoms with Crippen LogP contribution in [0, 0.1) is 6.92 Å². The van der Waals surface area contributed by atoms with Gasteiger partial charge >= 0.3 is 0 Å². The monoisotopic (exact) mass is 255 g/mol. The van der Waals surface area contributed by atoms with Crippen molar-refractivity contribution in [2.45, 2.75) is 13.3 Å². The molecule has 2 N–H and O–H groups in total. The molecule has 19 heavy (non-hydrogen) atoms. The van der Waals surface area contributed by atoms with Gasteiger partial charge in [0.25, 0.3) is 0 Å². The summed E-state index contributed by atoms with van der Waals surface area (Å²) in [6.45, 7) is 2.19. The lowest BCUT2D eigenvalue weighted by Gasteiger charge is -1.96. The smallest absolute Gasteiger partial charge is 0.111 e. The Morgan fingerprint density at radius 3 is 2.89 bits per heavy atom. The van der Waals surface area contributed by atoms with Gasteiger partial charge < -0.3 is 14.7 Å². The fourth-order valence-electron chi connectivity index (χ4n) is 2.56. The second kappa shape index (κ2) is 4.55. The highest BCUT2D eigenvalue weighted by Gasteiger charge is 2.14. The van der Waals surface area contributed by atoms with Crippen LogP contribution in [-0.4, -0.2) is 26.2 Å². The summed E-state index contributed by atoms with van der Waals surface area (Å²) in [7, 11) is 1.96. The summed E-state index contributed by atoms with van der Waals surface area (Å²) in [4.78, 5) is 8.02. The minimum atomic E-state index is 0.122. The summed E-state index contributed by atoms with van der Waals surface area (Å²) in [6.07, 6.45) is 2.60. The van der Waals surface area contributed by atoms with Gasteiger partial charge in [-0.3, -0.25) is 0 Å². The van der Waals surface area contributed by atoms with Gasteiger partial charge in [0.1, 0.15) is 5.82 Å². The van der Waals surface area contributed by atoms with Crippen molar-refractivity contribution in [2.75, 3.05) is 6.61 Å². The summed E-state index contributed by atoms with van der Waals surface area (Å²) >= 11 is 0. The highest BCUT2D eigenvalue weighted by molar-refractivity contribution is 5.96. The molecule has 3 rings (SSSR count). The maximum atomic E-state index is 9.05. The number of aliphatic hydroxyl groups excluding tert-OH is 1. The van der Waals surface area contributed by atoms with Crippen LogP contribution in [0.2, 0.25) is 0 Å². The number of aromatic nitrogens is 3. The Morgan fingerprint density at radius 1 is 1.32 bits per heavy atom. The summed E-state index contributed by atoms with van der Waals surface area (Å²) in [5.41, 5.74) is 4.36. The van der Waals surface area contributed by atoms with E-state index in [9.17, 15) is 0 Å². The third-order valence-corrected chi connectivity index (χ3v) is 3.46. The fraction of sp³-hybridized carbons (Fsp3) is 0.267. The van der Waals surface area contributed by atoms with E-state index in [1.807, 2.05) is 29.9 Å². The highest BCUT2D eigenvalue weighted by atomic mass is 16.3. The van der Waals surface area contributed by atoms with E-state index in [0.717, 1.165) is 28.3 Å². The second-order valence-corrected chi connectivity index (χ2v) is 4.80. The van der Waals surface area contributed by atoms with E-state index in [-0.39, 0.29) is 6.61 Å². The Morgan fingerprint density at radius 2 is 2.11 bits per heavy atom. The lowest BCUT2D eigenvalue weighted by molar-refractivity contribution is 0.295. The van der Waals surface area contributed by atoms with Crippen molar-refractivity contribution >= 4 is 10.9 Å². The van der Waals surface area contributed by atoms with E-state index in [1.165, 1.54) is 5.39 Å². The van der Waals surface area contributed by atoms with Crippen molar-refractivity contribution in [2.24, 2.45) is 7.05 Å². The molecule has 0 aliphatic rings. The van der Waals surface area contributed by atoms with Gasteiger partial charge in [0.15, 0.2) is 0 Å². The summed E-state index contributed by atoms with van der Waals surface area (Å²) in [6, 6.07) is 8.24. The zero-order chi connectivity index (χ0) is 13.4. The average Bonchev–Trinajstić information content (AvgIpc) is 2.90. The third kappa shape index (κ3) is 1.94. The number of hydrogen-bond acceptors (Lipinski definition) is 2. The van der Waals surface area contributed by atoms with E-state index in [2.05, 4.69) is 29.0 Å². The summed E-state index contributed by atoms with van der Waals surface area (Å²) in [5.74, 6) is 0.905. The van der Waals surface area contributed by atoms with E-state index in [1.54, 1.807) is 0 Å². The Labute approximate surface area is 111 Å². The maximum Gasteiger partial charge on any atom is 0.111 e. The van der Waals surface area contributed by atoms with Crippen molar-refractivity contribution < 1.29 is 5.11 Å². The maximum absolute atomic E-state index is 9.05. The van der Waals surface area contributed by atoms with Crippen molar-refractivity contribution in [1.82, 2.24) is 14.5 Å². The van der Waals surface area contributed by atoms with Crippen LogP contribution in [0.15, 0.2) is 30.5 Å². The van der Waals surface area contributed by atoms with Crippen LogP contribution >= 0.6 is 0 Å². The Hall–Kier alpha value is -2.07. The second-order valence-electron chi connectivity index (χ2n) is 4.80. The van der Waals surface area contributed by atoms with E-state index in [0.29, 0.717) is 6.42 Å². The topological polar surface area (TPSA) is 53.8 Å². The summed E-state index contributed by atoms with van der Waals surface area (Å²) < 4.78 is 1.98. The van der Waals surface area contributed by atoms with E-state index >= 15 is 0 Å². The predicted octanol–water partition coefficient (Wildman–Crippen LogP) is 2.41. The van der Waals surface area contributed by atoms with E-state index < -0.39 is 0 Å². The van der Waals surface area contributed by atoms with Gasteiger partial charge in [0.2, 0.25) is 0 Å². The molecule has 0 atom stereocenters. The number of aliphatic hydroxyl groups is 1. The van der Waals surface area contributed by atoms with Crippen molar-refractivity contribution in [1.29, 1.82) is 0 Å². The first-order valence-corrected chi connectivity index (χ1v) is 6.41. The number of nitrogens with zero attached hydrogens (tertiary/aromatic N) is 2. The first-order valence-electron chi connectivity index (χ1n) is 6.41.